The maximum atomic E-state index is 12.4. The SMILES string of the molecule is C[C@H](NC(=O)[C@H]1CC(=O)N(c2ccccc2)C1)C(=O)NCc1ccco1. The molecular formula is C19H21N3O4. The van der Waals surface area contributed by atoms with Gasteiger partial charge in [-0.3, -0.25) is 14.4 Å². The third-order valence-electron chi connectivity index (χ3n) is 4.33. The molecule has 0 unspecified atom stereocenters. The predicted molar refractivity (Wildman–Crippen MR) is 95.1 cm³/mol. The smallest absolute Gasteiger partial charge is 0.242 e. The van der Waals surface area contributed by atoms with Gasteiger partial charge in [0, 0.05) is 18.7 Å². The van der Waals surface area contributed by atoms with E-state index in [4.69, 9.17) is 4.42 Å². The van der Waals surface area contributed by atoms with Crippen LogP contribution in [0.2, 0.25) is 0 Å². The number of para-hydroxylation sites is 1. The summed E-state index contributed by atoms with van der Waals surface area (Å²) in [5.41, 5.74) is 0.775. The second-order valence-corrected chi connectivity index (χ2v) is 6.27. The molecule has 26 heavy (non-hydrogen) atoms. The van der Waals surface area contributed by atoms with Crippen molar-refractivity contribution in [3.05, 3.63) is 54.5 Å². The van der Waals surface area contributed by atoms with Crippen molar-refractivity contribution in [1.82, 2.24) is 10.6 Å². The molecule has 0 bridgehead atoms. The van der Waals surface area contributed by atoms with E-state index < -0.39 is 12.0 Å². The molecule has 2 aromatic rings. The molecule has 2 N–H and O–H groups in total. The van der Waals surface area contributed by atoms with Gasteiger partial charge < -0.3 is 20.0 Å². The molecule has 1 aliphatic heterocycles. The van der Waals surface area contributed by atoms with Crippen LogP contribution >= 0.6 is 0 Å². The molecule has 7 nitrogen and oxygen atoms in total. The summed E-state index contributed by atoms with van der Waals surface area (Å²) in [6.45, 7) is 2.19. The number of furan rings is 1. The van der Waals surface area contributed by atoms with Gasteiger partial charge in [-0.25, -0.2) is 0 Å². The minimum absolute atomic E-state index is 0.0914. The Kier molecular flexibility index (Phi) is 5.36. The quantitative estimate of drug-likeness (QED) is 0.820. The van der Waals surface area contributed by atoms with Gasteiger partial charge >= 0.3 is 0 Å². The summed E-state index contributed by atoms with van der Waals surface area (Å²) < 4.78 is 5.15. The standard InChI is InChI=1S/C19H21N3O4/c1-13(18(24)20-11-16-8-5-9-26-16)21-19(25)14-10-17(23)22(12-14)15-6-3-2-4-7-15/h2-9,13-14H,10-12H2,1H3,(H,20,24)(H,21,25)/t13-,14-/m0/s1. The van der Waals surface area contributed by atoms with Crippen LogP contribution in [0.4, 0.5) is 5.69 Å². The van der Waals surface area contributed by atoms with Gasteiger partial charge in [0.25, 0.3) is 0 Å². The maximum absolute atomic E-state index is 12.4. The lowest BCUT2D eigenvalue weighted by Crippen LogP contribution is -2.46. The normalized spacial score (nSPS) is 17.8. The van der Waals surface area contributed by atoms with Crippen molar-refractivity contribution in [2.24, 2.45) is 5.92 Å². The van der Waals surface area contributed by atoms with Crippen molar-refractivity contribution in [2.45, 2.75) is 25.9 Å². The molecule has 0 radical (unpaired) electrons. The summed E-state index contributed by atoms with van der Waals surface area (Å²) in [4.78, 5) is 38.3. The van der Waals surface area contributed by atoms with Gasteiger partial charge in [0.1, 0.15) is 11.8 Å². The van der Waals surface area contributed by atoms with Gasteiger partial charge in [0.05, 0.1) is 18.7 Å². The van der Waals surface area contributed by atoms with E-state index in [1.165, 1.54) is 6.26 Å². The van der Waals surface area contributed by atoms with Crippen LogP contribution in [0.3, 0.4) is 0 Å². The lowest BCUT2D eigenvalue weighted by Gasteiger charge is -2.18. The molecule has 1 aliphatic rings. The third kappa shape index (κ3) is 4.11. The first-order valence-electron chi connectivity index (χ1n) is 8.50. The molecule has 0 aliphatic carbocycles. The zero-order chi connectivity index (χ0) is 18.5. The van der Waals surface area contributed by atoms with Crippen LogP contribution in [0.1, 0.15) is 19.1 Å². The number of nitrogens with zero attached hydrogens (tertiary/aromatic N) is 1. The highest BCUT2D eigenvalue weighted by Gasteiger charge is 2.35. The van der Waals surface area contributed by atoms with Gasteiger partial charge in [-0.2, -0.15) is 0 Å². The van der Waals surface area contributed by atoms with Gasteiger partial charge in [0.15, 0.2) is 0 Å². The van der Waals surface area contributed by atoms with Crippen molar-refractivity contribution in [3.63, 3.8) is 0 Å². The monoisotopic (exact) mass is 355 g/mol. The molecule has 2 heterocycles. The van der Waals surface area contributed by atoms with Crippen LogP contribution in [0, 0.1) is 5.92 Å². The summed E-state index contributed by atoms with van der Waals surface area (Å²) >= 11 is 0. The molecule has 7 heteroatoms. The van der Waals surface area contributed by atoms with Crippen molar-refractivity contribution >= 4 is 23.4 Å². The first kappa shape index (κ1) is 17.7. The molecule has 3 rings (SSSR count). The largest absolute Gasteiger partial charge is 0.467 e. The average molecular weight is 355 g/mol. The van der Waals surface area contributed by atoms with Crippen LogP contribution in [0.15, 0.2) is 53.1 Å². The molecule has 1 saturated heterocycles. The Labute approximate surface area is 151 Å². The Morgan fingerprint density at radius 1 is 1.23 bits per heavy atom. The van der Waals surface area contributed by atoms with Gasteiger partial charge in [0.2, 0.25) is 17.7 Å². The van der Waals surface area contributed by atoms with Gasteiger partial charge in [-0.05, 0) is 31.2 Å². The Morgan fingerprint density at radius 2 is 2.00 bits per heavy atom. The third-order valence-corrected chi connectivity index (χ3v) is 4.33. The molecule has 1 fully saturated rings. The summed E-state index contributed by atoms with van der Waals surface area (Å²) in [6, 6.07) is 12.0. The molecule has 136 valence electrons. The minimum atomic E-state index is -0.696. The maximum Gasteiger partial charge on any atom is 0.242 e. The van der Waals surface area contributed by atoms with Crippen LogP contribution in [0.5, 0.6) is 0 Å². The van der Waals surface area contributed by atoms with E-state index in [2.05, 4.69) is 10.6 Å². The molecule has 0 saturated carbocycles. The minimum Gasteiger partial charge on any atom is -0.467 e. The Balaban J connectivity index is 1.51. The van der Waals surface area contributed by atoms with E-state index in [0.717, 1.165) is 5.69 Å². The van der Waals surface area contributed by atoms with E-state index in [1.54, 1.807) is 24.0 Å². The number of carbonyl (C=O) groups excluding carboxylic acids is 3. The number of amides is 3. The average Bonchev–Trinajstić information content (AvgIpc) is 3.30. The van der Waals surface area contributed by atoms with E-state index in [-0.39, 0.29) is 30.7 Å². The first-order chi connectivity index (χ1) is 12.5. The molecule has 2 atom stereocenters. The molecule has 0 spiro atoms. The molecule has 3 amide bonds. The van der Waals surface area contributed by atoms with Gasteiger partial charge in [-0.15, -0.1) is 0 Å². The highest BCUT2D eigenvalue weighted by Crippen LogP contribution is 2.24. The fourth-order valence-electron chi connectivity index (χ4n) is 2.88. The fourth-order valence-corrected chi connectivity index (χ4v) is 2.88. The Bertz CT molecular complexity index is 773. The Hall–Kier alpha value is -3.09. The van der Waals surface area contributed by atoms with Gasteiger partial charge in [-0.1, -0.05) is 18.2 Å². The molecule has 1 aromatic heterocycles. The number of benzene rings is 1. The number of carbonyl (C=O) groups is 3. The lowest BCUT2D eigenvalue weighted by atomic mass is 10.1. The Morgan fingerprint density at radius 3 is 2.69 bits per heavy atom. The van der Waals surface area contributed by atoms with Crippen molar-refractivity contribution in [3.8, 4) is 0 Å². The second kappa shape index (κ2) is 7.86. The van der Waals surface area contributed by atoms with Crippen LogP contribution in [-0.2, 0) is 20.9 Å². The second-order valence-electron chi connectivity index (χ2n) is 6.27. The van der Waals surface area contributed by atoms with Crippen molar-refractivity contribution < 1.29 is 18.8 Å². The number of anilines is 1. The van der Waals surface area contributed by atoms with E-state index in [1.807, 2.05) is 30.3 Å². The topological polar surface area (TPSA) is 91.7 Å². The lowest BCUT2D eigenvalue weighted by molar-refractivity contribution is -0.131. The number of hydrogen-bond donors (Lipinski definition) is 2. The zero-order valence-electron chi connectivity index (χ0n) is 14.5. The van der Waals surface area contributed by atoms with Crippen LogP contribution in [0.25, 0.3) is 0 Å². The predicted octanol–water partition coefficient (Wildman–Crippen LogP) is 1.45. The molecule has 1 aromatic carbocycles. The summed E-state index contributed by atoms with van der Waals surface area (Å²) in [7, 11) is 0. The number of nitrogens with one attached hydrogen (secondary N) is 2. The fraction of sp³-hybridized carbons (Fsp3) is 0.316. The highest BCUT2D eigenvalue weighted by atomic mass is 16.3. The van der Waals surface area contributed by atoms with Crippen molar-refractivity contribution in [1.29, 1.82) is 0 Å². The number of hydrogen-bond acceptors (Lipinski definition) is 4. The highest BCUT2D eigenvalue weighted by molar-refractivity contribution is 6.01. The van der Waals surface area contributed by atoms with Crippen molar-refractivity contribution in [2.75, 3.05) is 11.4 Å². The van der Waals surface area contributed by atoms with Crippen LogP contribution in [-0.4, -0.2) is 30.3 Å². The summed E-state index contributed by atoms with van der Waals surface area (Å²) in [6.07, 6.45) is 1.67. The number of rotatable bonds is 6. The summed E-state index contributed by atoms with van der Waals surface area (Å²) in [5.74, 6) is -0.525. The molecular weight excluding hydrogens is 334 g/mol. The van der Waals surface area contributed by atoms with Crippen LogP contribution < -0.4 is 15.5 Å². The summed E-state index contributed by atoms with van der Waals surface area (Å²) in [5, 5.41) is 5.38. The van der Waals surface area contributed by atoms with E-state index in [9.17, 15) is 14.4 Å². The van der Waals surface area contributed by atoms with E-state index in [0.29, 0.717) is 12.3 Å². The van der Waals surface area contributed by atoms with E-state index >= 15 is 0 Å². The first-order valence-corrected chi connectivity index (χ1v) is 8.50. The zero-order valence-corrected chi connectivity index (χ0v) is 14.5.